The zero-order chi connectivity index (χ0) is 3.58. The maximum absolute atomic E-state index is 9.00. The van der Waals surface area contributed by atoms with Crippen molar-refractivity contribution in [2.24, 2.45) is 11.5 Å². The van der Waals surface area contributed by atoms with Gasteiger partial charge in [0.05, 0.1) is 0 Å². The quantitative estimate of drug-likeness (QED) is 0.400. The summed E-state index contributed by atoms with van der Waals surface area (Å²) < 4.78 is 0. The van der Waals surface area contributed by atoms with Crippen molar-refractivity contribution in [1.82, 2.24) is 0 Å². The molecule has 0 bridgehead atoms. The predicted octanol–water partition coefficient (Wildman–Crippen LogP) is -0.979. The number of primary amides is 2. The Morgan fingerprint density at radius 2 is 1.40 bits per heavy atom. The molecule has 0 aliphatic rings. The van der Waals surface area contributed by atoms with Gasteiger partial charge in [0.1, 0.15) is 0 Å². The number of urea groups is 1. The van der Waals surface area contributed by atoms with Crippen LogP contribution in [0.4, 0.5) is 4.79 Å². The van der Waals surface area contributed by atoms with Gasteiger partial charge in [0.2, 0.25) is 0 Å². The van der Waals surface area contributed by atoms with E-state index in [0.29, 0.717) is 0 Å². The van der Waals surface area contributed by atoms with E-state index in [1.807, 2.05) is 0 Å². The summed E-state index contributed by atoms with van der Waals surface area (Å²) in [6, 6.07) is -0.833. The molecule has 2 amide bonds. The molecule has 5 heavy (non-hydrogen) atoms. The molecule has 4 heteroatoms. The van der Waals surface area contributed by atoms with E-state index in [-0.39, 0.29) is 17.1 Å². The van der Waals surface area contributed by atoms with Crippen molar-refractivity contribution in [3.8, 4) is 0 Å². The van der Waals surface area contributed by atoms with Gasteiger partial charge >= 0.3 is 6.03 Å². The van der Waals surface area contributed by atoms with Crippen LogP contribution in [-0.4, -0.2) is 6.03 Å². The van der Waals surface area contributed by atoms with Crippen molar-refractivity contribution < 1.29 is 21.9 Å². The van der Waals surface area contributed by atoms with Crippen LogP contribution in [0.15, 0.2) is 0 Å². The van der Waals surface area contributed by atoms with Crippen LogP contribution in [0.2, 0.25) is 0 Å². The van der Waals surface area contributed by atoms with Crippen molar-refractivity contribution >= 4 is 6.03 Å². The van der Waals surface area contributed by atoms with Crippen LogP contribution in [0.3, 0.4) is 0 Å². The second-order valence-electron chi connectivity index (χ2n) is 0.402. The fraction of sp³-hybridized carbons (Fsp3) is 0. The maximum atomic E-state index is 9.00. The smallest absolute Gasteiger partial charge is 0.309 e. The van der Waals surface area contributed by atoms with E-state index in [2.05, 4.69) is 11.5 Å². The first-order chi connectivity index (χ1) is 1.73. The third kappa shape index (κ3) is 274. The molecule has 0 aromatic carbocycles. The molecule has 4 N–H and O–H groups in total. The molecule has 0 spiro atoms. The molecule has 3 nitrogen and oxygen atoms in total. The first-order valence-electron chi connectivity index (χ1n) is 0.781. The molecule has 0 aromatic heterocycles. The van der Waals surface area contributed by atoms with E-state index in [4.69, 9.17) is 4.79 Å². The van der Waals surface area contributed by atoms with E-state index >= 15 is 0 Å². The molecule has 35 valence electrons. The third-order valence-corrected chi connectivity index (χ3v) is 0. The Balaban J connectivity index is 0. The van der Waals surface area contributed by atoms with Gasteiger partial charge in [-0.3, -0.25) is 0 Å². The molecule has 0 atom stereocenters. The molecule has 0 saturated heterocycles. The van der Waals surface area contributed by atoms with Crippen LogP contribution >= 0.6 is 0 Å². The molecular weight excluding hydrogens is 120 g/mol. The molecule has 0 fully saturated rings. The van der Waals surface area contributed by atoms with Crippen LogP contribution in [0, 0.1) is 0 Å². The van der Waals surface area contributed by atoms with Gasteiger partial charge in [-0.15, -0.1) is 0 Å². The van der Waals surface area contributed by atoms with Crippen molar-refractivity contribution in [2.75, 3.05) is 0 Å². The number of rotatable bonds is 0. The summed E-state index contributed by atoms with van der Waals surface area (Å²) in [5.41, 5.74) is 8.50. The summed E-state index contributed by atoms with van der Waals surface area (Å²) in [6.45, 7) is 0. The van der Waals surface area contributed by atoms with E-state index in [9.17, 15) is 0 Å². The van der Waals surface area contributed by atoms with Gasteiger partial charge in [0, 0.05) is 17.1 Å². The number of carbonyl (C=O) groups is 1. The van der Waals surface area contributed by atoms with Gasteiger partial charge in [-0.25, -0.2) is 4.79 Å². The average molecular weight is 124 g/mol. The van der Waals surface area contributed by atoms with Gasteiger partial charge in [0.15, 0.2) is 0 Å². The second-order valence-corrected chi connectivity index (χ2v) is 0.402. The summed E-state index contributed by atoms with van der Waals surface area (Å²) in [5, 5.41) is 0. The minimum absolute atomic E-state index is 0. The topological polar surface area (TPSA) is 69.1 Å². The largest absolute Gasteiger partial charge is 0.352 e. The third-order valence-electron chi connectivity index (χ3n) is 0. The minimum Gasteiger partial charge on any atom is -0.352 e. The van der Waals surface area contributed by atoms with E-state index in [1.54, 1.807) is 0 Å². The maximum Gasteiger partial charge on any atom is 0.309 e. The fourth-order valence-electron chi connectivity index (χ4n) is 0. The first-order valence-corrected chi connectivity index (χ1v) is 0.781. The Hall–Kier alpha value is -0.211. The van der Waals surface area contributed by atoms with Gasteiger partial charge in [-0.1, -0.05) is 0 Å². The number of carbonyl (C=O) groups excluding carboxylic acids is 1. The van der Waals surface area contributed by atoms with Gasteiger partial charge < -0.3 is 11.5 Å². The Morgan fingerprint density at radius 3 is 1.40 bits per heavy atom. The normalized spacial score (nSPS) is 4.80. The number of hydrogen-bond acceptors (Lipinski definition) is 1. The molecule has 0 aliphatic carbocycles. The standard InChI is InChI=1S/CH4N2O.Cu/c2-1(3)4;/h(H4,2,3,4);. The van der Waals surface area contributed by atoms with Crippen LogP contribution < -0.4 is 11.5 Å². The predicted molar refractivity (Wildman–Crippen MR) is 13.8 cm³/mol. The summed E-state index contributed by atoms with van der Waals surface area (Å²) >= 11 is 0. The van der Waals surface area contributed by atoms with Crippen LogP contribution in [0.1, 0.15) is 0 Å². The van der Waals surface area contributed by atoms with Gasteiger partial charge in [0.25, 0.3) is 0 Å². The zero-order valence-electron chi connectivity index (χ0n) is 2.36. The van der Waals surface area contributed by atoms with Crippen molar-refractivity contribution in [3.05, 3.63) is 0 Å². The molecule has 0 aromatic rings. The zero-order valence-corrected chi connectivity index (χ0v) is 3.31. The SMILES string of the molecule is NC(N)=O.[Cu]. The molecule has 0 aliphatic heterocycles. The monoisotopic (exact) mass is 123 g/mol. The van der Waals surface area contributed by atoms with E-state index in [1.165, 1.54) is 0 Å². The Kier molecular flexibility index (Phi) is 6.70. The van der Waals surface area contributed by atoms with Crippen LogP contribution in [0.5, 0.6) is 0 Å². The second kappa shape index (κ2) is 3.79. The number of nitrogens with two attached hydrogens (primary N) is 2. The van der Waals surface area contributed by atoms with Gasteiger partial charge in [-0.2, -0.15) is 0 Å². The van der Waals surface area contributed by atoms with Crippen LogP contribution in [-0.2, 0) is 17.1 Å². The van der Waals surface area contributed by atoms with Gasteiger partial charge in [-0.05, 0) is 0 Å². The van der Waals surface area contributed by atoms with Crippen LogP contribution in [0.25, 0.3) is 0 Å². The molecule has 0 rings (SSSR count). The molecule has 1 radical (unpaired) electrons. The number of hydrogen-bond donors (Lipinski definition) is 2. The Morgan fingerprint density at radius 1 is 1.40 bits per heavy atom. The molecule has 0 unspecified atom stereocenters. The number of amides is 2. The van der Waals surface area contributed by atoms with Crippen molar-refractivity contribution in [2.45, 2.75) is 0 Å². The van der Waals surface area contributed by atoms with E-state index in [0.717, 1.165) is 0 Å². The Labute approximate surface area is 40.2 Å². The summed E-state index contributed by atoms with van der Waals surface area (Å²) in [7, 11) is 0. The fourth-order valence-corrected chi connectivity index (χ4v) is 0. The summed E-state index contributed by atoms with van der Waals surface area (Å²) in [5.74, 6) is 0. The van der Waals surface area contributed by atoms with Crippen molar-refractivity contribution in [1.29, 1.82) is 0 Å². The summed E-state index contributed by atoms with van der Waals surface area (Å²) in [6.07, 6.45) is 0. The average Bonchev–Trinajstić information content (AvgIpc) is 0.811. The Bertz CT molecular complexity index is 32.6. The first kappa shape index (κ1) is 8.84. The summed E-state index contributed by atoms with van der Waals surface area (Å²) in [4.78, 5) is 9.00. The minimum atomic E-state index is -0.833. The molecular formula is CH4CuN2O. The molecule has 0 saturated carbocycles. The van der Waals surface area contributed by atoms with E-state index < -0.39 is 6.03 Å². The molecule has 0 heterocycles. The van der Waals surface area contributed by atoms with Crippen molar-refractivity contribution in [3.63, 3.8) is 0 Å².